The lowest BCUT2D eigenvalue weighted by atomic mass is 10.0. The predicted molar refractivity (Wildman–Crippen MR) is 109 cm³/mol. The molecule has 0 radical (unpaired) electrons. The number of esters is 1. The minimum atomic E-state index is -0.268. The minimum absolute atomic E-state index is 0.0723. The number of hydrogen-bond acceptors (Lipinski definition) is 5. The molecule has 2 heterocycles. The van der Waals surface area contributed by atoms with Crippen LogP contribution in [0.4, 0.5) is 10.5 Å². The molecule has 7 heteroatoms. The number of amides is 2. The average molecular weight is 389 g/mol. The molecule has 2 fully saturated rings. The number of likely N-dealkylation sites (tertiary alicyclic amines) is 1. The van der Waals surface area contributed by atoms with E-state index in [4.69, 9.17) is 4.74 Å². The van der Waals surface area contributed by atoms with E-state index in [1.807, 2.05) is 11.0 Å². The van der Waals surface area contributed by atoms with Gasteiger partial charge in [-0.15, -0.1) is 0 Å². The first kappa shape index (κ1) is 20.5. The minimum Gasteiger partial charge on any atom is -0.466 e. The zero-order valence-corrected chi connectivity index (χ0v) is 16.8. The van der Waals surface area contributed by atoms with Crippen molar-refractivity contribution in [2.24, 2.45) is 0 Å². The predicted octanol–water partition coefficient (Wildman–Crippen LogP) is 1.94. The summed E-state index contributed by atoms with van der Waals surface area (Å²) >= 11 is 0. The zero-order valence-electron chi connectivity index (χ0n) is 16.8. The number of nitrogens with zero attached hydrogens (tertiary/aromatic N) is 3. The van der Waals surface area contributed by atoms with Crippen molar-refractivity contribution >= 4 is 17.7 Å². The quantitative estimate of drug-likeness (QED) is 0.755. The normalized spacial score (nSPS) is 20.7. The number of hydrogen-bond donors (Lipinski definition) is 1. The number of nitrogens with one attached hydrogen (secondary N) is 1. The van der Waals surface area contributed by atoms with Crippen molar-refractivity contribution in [3.8, 4) is 0 Å². The molecule has 1 aromatic carbocycles. The summed E-state index contributed by atoms with van der Waals surface area (Å²) in [6.07, 6.45) is 2.38. The average Bonchev–Trinajstić information content (AvgIpc) is 2.75. The highest BCUT2D eigenvalue weighted by atomic mass is 16.5. The summed E-state index contributed by atoms with van der Waals surface area (Å²) in [7, 11) is 0. The third-order valence-corrected chi connectivity index (χ3v) is 5.55. The Hall–Kier alpha value is -2.28. The Kier molecular flexibility index (Phi) is 7.54. The fourth-order valence-electron chi connectivity index (χ4n) is 4.04. The van der Waals surface area contributed by atoms with E-state index in [2.05, 4.69) is 39.4 Å². The van der Waals surface area contributed by atoms with Crippen LogP contribution in [0.15, 0.2) is 30.3 Å². The molecule has 0 spiro atoms. The van der Waals surface area contributed by atoms with Crippen molar-refractivity contribution in [1.29, 1.82) is 0 Å². The molecule has 0 bridgehead atoms. The van der Waals surface area contributed by atoms with Gasteiger partial charge in [-0.05, 0) is 31.9 Å². The Morgan fingerprint density at radius 3 is 2.57 bits per heavy atom. The summed E-state index contributed by atoms with van der Waals surface area (Å²) in [5.74, 6) is -0.268. The molecule has 1 aromatic rings. The number of ether oxygens (including phenoxy) is 1. The molecule has 1 unspecified atom stereocenters. The van der Waals surface area contributed by atoms with Gasteiger partial charge in [0.25, 0.3) is 0 Å². The highest BCUT2D eigenvalue weighted by Crippen LogP contribution is 2.20. The molecule has 1 N–H and O–H groups in total. The summed E-state index contributed by atoms with van der Waals surface area (Å²) in [6, 6.07) is 10.9. The van der Waals surface area contributed by atoms with Crippen LogP contribution >= 0.6 is 0 Å². The monoisotopic (exact) mass is 388 g/mol. The third-order valence-electron chi connectivity index (χ3n) is 5.55. The Balaban J connectivity index is 1.42. The highest BCUT2D eigenvalue weighted by molar-refractivity contribution is 5.75. The van der Waals surface area contributed by atoms with Crippen LogP contribution in [0, 0.1) is 0 Å². The summed E-state index contributed by atoms with van der Waals surface area (Å²) < 4.78 is 4.89. The molecule has 0 saturated carbocycles. The largest absolute Gasteiger partial charge is 0.466 e. The van der Waals surface area contributed by atoms with Gasteiger partial charge >= 0.3 is 12.0 Å². The molecule has 7 nitrogen and oxygen atoms in total. The van der Waals surface area contributed by atoms with E-state index in [0.717, 1.165) is 52.1 Å². The van der Waals surface area contributed by atoms with Crippen molar-refractivity contribution < 1.29 is 14.3 Å². The van der Waals surface area contributed by atoms with Gasteiger partial charge in [0.15, 0.2) is 0 Å². The van der Waals surface area contributed by atoms with E-state index in [-0.39, 0.29) is 18.4 Å². The molecular weight excluding hydrogens is 356 g/mol. The van der Waals surface area contributed by atoms with Gasteiger partial charge in [0.05, 0.1) is 13.0 Å². The van der Waals surface area contributed by atoms with Crippen LogP contribution in [0.5, 0.6) is 0 Å². The second kappa shape index (κ2) is 10.3. The Morgan fingerprint density at radius 1 is 1.11 bits per heavy atom. The van der Waals surface area contributed by atoms with Gasteiger partial charge in [0.2, 0.25) is 0 Å². The Bertz CT molecular complexity index is 632. The van der Waals surface area contributed by atoms with Crippen molar-refractivity contribution in [2.45, 2.75) is 32.2 Å². The van der Waals surface area contributed by atoms with Crippen LogP contribution in [0.3, 0.4) is 0 Å². The lowest BCUT2D eigenvalue weighted by Crippen LogP contribution is -2.57. The first-order valence-corrected chi connectivity index (χ1v) is 10.4. The van der Waals surface area contributed by atoms with Crippen LogP contribution in [0.25, 0.3) is 0 Å². The number of rotatable bonds is 6. The van der Waals surface area contributed by atoms with Gasteiger partial charge in [0, 0.05) is 57.5 Å². The van der Waals surface area contributed by atoms with E-state index in [1.165, 1.54) is 5.69 Å². The first-order chi connectivity index (χ1) is 13.7. The maximum atomic E-state index is 12.4. The van der Waals surface area contributed by atoms with Crippen molar-refractivity contribution in [2.75, 3.05) is 57.3 Å². The van der Waals surface area contributed by atoms with Gasteiger partial charge in [-0.3, -0.25) is 9.69 Å². The number of piperidine rings is 1. The SMILES string of the molecule is CCOC(=O)CCNC(=O)N1CCCC(N2CCN(c3ccccc3)CC2)C1. The van der Waals surface area contributed by atoms with E-state index in [9.17, 15) is 9.59 Å². The molecule has 2 saturated heterocycles. The Labute approximate surface area is 167 Å². The molecule has 2 aliphatic rings. The molecule has 0 aromatic heterocycles. The standard InChI is InChI=1S/C21H32N4O3/c1-2-28-20(26)10-11-22-21(27)25-12-6-9-19(17-25)24-15-13-23(14-16-24)18-7-4-3-5-8-18/h3-5,7-8,19H,2,6,9-17H2,1H3,(H,22,27). The van der Waals surface area contributed by atoms with Crippen molar-refractivity contribution in [3.05, 3.63) is 30.3 Å². The lowest BCUT2D eigenvalue weighted by molar-refractivity contribution is -0.142. The zero-order chi connectivity index (χ0) is 19.8. The number of anilines is 1. The molecule has 1 atom stereocenters. The van der Waals surface area contributed by atoms with Gasteiger partial charge in [-0.2, -0.15) is 0 Å². The highest BCUT2D eigenvalue weighted by Gasteiger charge is 2.30. The molecule has 28 heavy (non-hydrogen) atoms. The number of piperazine rings is 1. The van der Waals surface area contributed by atoms with E-state index < -0.39 is 0 Å². The summed E-state index contributed by atoms with van der Waals surface area (Å²) in [4.78, 5) is 30.7. The lowest BCUT2D eigenvalue weighted by Gasteiger charge is -2.43. The fourth-order valence-corrected chi connectivity index (χ4v) is 4.04. The van der Waals surface area contributed by atoms with E-state index in [0.29, 0.717) is 19.2 Å². The van der Waals surface area contributed by atoms with Crippen molar-refractivity contribution in [3.63, 3.8) is 0 Å². The smallest absolute Gasteiger partial charge is 0.317 e. The van der Waals surface area contributed by atoms with E-state index in [1.54, 1.807) is 6.92 Å². The summed E-state index contributed by atoms with van der Waals surface area (Å²) in [6.45, 7) is 8.12. The topological polar surface area (TPSA) is 65.1 Å². The van der Waals surface area contributed by atoms with Gasteiger partial charge in [-0.25, -0.2) is 4.79 Å². The maximum Gasteiger partial charge on any atom is 0.317 e. The van der Waals surface area contributed by atoms with Crippen LogP contribution in [0.1, 0.15) is 26.2 Å². The van der Waals surface area contributed by atoms with Crippen LogP contribution in [-0.4, -0.2) is 80.3 Å². The molecule has 154 valence electrons. The van der Waals surface area contributed by atoms with Crippen LogP contribution in [-0.2, 0) is 9.53 Å². The Morgan fingerprint density at radius 2 is 1.86 bits per heavy atom. The maximum absolute atomic E-state index is 12.4. The number of urea groups is 1. The van der Waals surface area contributed by atoms with Gasteiger partial charge < -0.3 is 19.9 Å². The van der Waals surface area contributed by atoms with Gasteiger partial charge in [-0.1, -0.05) is 18.2 Å². The number of para-hydroxylation sites is 1. The van der Waals surface area contributed by atoms with Crippen LogP contribution < -0.4 is 10.2 Å². The molecule has 0 aliphatic carbocycles. The number of carbonyl (C=O) groups excluding carboxylic acids is 2. The fraction of sp³-hybridized carbons (Fsp3) is 0.619. The van der Waals surface area contributed by atoms with Crippen LogP contribution in [0.2, 0.25) is 0 Å². The second-order valence-corrected chi connectivity index (χ2v) is 7.39. The summed E-state index contributed by atoms with van der Waals surface area (Å²) in [5.41, 5.74) is 1.29. The van der Waals surface area contributed by atoms with Crippen molar-refractivity contribution in [1.82, 2.24) is 15.1 Å². The van der Waals surface area contributed by atoms with E-state index >= 15 is 0 Å². The second-order valence-electron chi connectivity index (χ2n) is 7.39. The molecule has 2 amide bonds. The van der Waals surface area contributed by atoms with Gasteiger partial charge in [0.1, 0.15) is 0 Å². The first-order valence-electron chi connectivity index (χ1n) is 10.4. The third kappa shape index (κ3) is 5.61. The molecule has 2 aliphatic heterocycles. The number of carbonyl (C=O) groups is 2. The summed E-state index contributed by atoms with van der Waals surface area (Å²) in [5, 5.41) is 2.85. The molecular formula is C21H32N4O3. The molecule has 3 rings (SSSR count). The number of benzene rings is 1.